The van der Waals surface area contributed by atoms with E-state index >= 15 is 0 Å². The van der Waals surface area contributed by atoms with Crippen molar-refractivity contribution in [1.29, 1.82) is 0 Å². The lowest BCUT2D eigenvalue weighted by molar-refractivity contribution is 0.0730. The van der Waals surface area contributed by atoms with Crippen molar-refractivity contribution in [3.8, 4) is 0 Å². The summed E-state index contributed by atoms with van der Waals surface area (Å²) in [5.74, 6) is -0.301. The molecule has 1 heterocycles. The molecular formula is C19H23N3O4S. The molecule has 2 aromatic rings. The molecule has 2 aromatic carbocycles. The zero-order valence-corrected chi connectivity index (χ0v) is 15.7. The highest BCUT2D eigenvalue weighted by Crippen LogP contribution is 2.18. The van der Waals surface area contributed by atoms with Gasteiger partial charge in [-0.25, -0.2) is 8.42 Å². The summed E-state index contributed by atoms with van der Waals surface area (Å²) in [6.45, 7) is 1.85. The molecule has 1 aliphatic rings. The molecule has 7 nitrogen and oxygen atoms in total. The molecule has 27 heavy (non-hydrogen) atoms. The highest BCUT2D eigenvalue weighted by Gasteiger charge is 2.26. The third-order valence-corrected chi connectivity index (χ3v) is 6.28. The van der Waals surface area contributed by atoms with Gasteiger partial charge in [0.1, 0.15) is 0 Å². The summed E-state index contributed by atoms with van der Waals surface area (Å²) in [7, 11) is -3.62. The van der Waals surface area contributed by atoms with Crippen LogP contribution in [0.2, 0.25) is 0 Å². The number of nitrogens with two attached hydrogens (primary N) is 1. The van der Waals surface area contributed by atoms with Crippen LogP contribution in [0.25, 0.3) is 0 Å². The largest absolute Gasteiger partial charge is 0.399 e. The number of amides is 1. The first kappa shape index (κ1) is 19.3. The fraction of sp³-hybridized carbons (Fsp3) is 0.316. The van der Waals surface area contributed by atoms with Gasteiger partial charge in [0.25, 0.3) is 5.91 Å². The fourth-order valence-corrected chi connectivity index (χ4v) is 4.29. The van der Waals surface area contributed by atoms with E-state index in [1.165, 1.54) is 16.4 Å². The van der Waals surface area contributed by atoms with E-state index in [1.54, 1.807) is 12.1 Å². The lowest BCUT2D eigenvalue weighted by Gasteiger charge is -2.26. The van der Waals surface area contributed by atoms with Gasteiger partial charge in [-0.3, -0.25) is 4.79 Å². The Bertz CT molecular complexity index is 891. The molecule has 0 saturated carbocycles. The molecule has 0 aliphatic carbocycles. The van der Waals surface area contributed by atoms with E-state index in [1.807, 2.05) is 24.3 Å². The normalized spacial score (nSPS) is 15.4. The number of nitrogen functional groups attached to an aromatic ring is 1. The Hall–Kier alpha value is -2.42. The SMILES string of the molecule is Nc1ccc(CCNC(=O)c2cccc(S(=O)(=O)N3CCOCC3)c2)cc1. The molecule has 0 bridgehead atoms. The maximum absolute atomic E-state index is 12.7. The summed E-state index contributed by atoms with van der Waals surface area (Å²) in [5.41, 5.74) is 7.73. The van der Waals surface area contributed by atoms with Crippen molar-refractivity contribution in [3.05, 3.63) is 59.7 Å². The van der Waals surface area contributed by atoms with Gasteiger partial charge in [0.15, 0.2) is 0 Å². The van der Waals surface area contributed by atoms with Gasteiger partial charge in [-0.15, -0.1) is 0 Å². The summed E-state index contributed by atoms with van der Waals surface area (Å²) in [6, 6.07) is 13.6. The summed E-state index contributed by atoms with van der Waals surface area (Å²) in [5, 5.41) is 2.82. The predicted octanol–water partition coefficient (Wildman–Crippen LogP) is 1.26. The maximum Gasteiger partial charge on any atom is 0.251 e. The van der Waals surface area contributed by atoms with E-state index in [-0.39, 0.29) is 10.8 Å². The summed E-state index contributed by atoms with van der Waals surface area (Å²) in [4.78, 5) is 12.5. The van der Waals surface area contributed by atoms with E-state index in [2.05, 4.69) is 5.32 Å². The summed E-state index contributed by atoms with van der Waals surface area (Å²) >= 11 is 0. The van der Waals surface area contributed by atoms with Gasteiger partial charge in [0.2, 0.25) is 10.0 Å². The molecule has 1 aliphatic heterocycles. The van der Waals surface area contributed by atoms with Crippen molar-refractivity contribution in [1.82, 2.24) is 9.62 Å². The molecular weight excluding hydrogens is 366 g/mol. The summed E-state index contributed by atoms with van der Waals surface area (Å²) in [6.07, 6.45) is 0.664. The number of carbonyl (C=O) groups is 1. The quantitative estimate of drug-likeness (QED) is 0.725. The van der Waals surface area contributed by atoms with Crippen molar-refractivity contribution in [3.63, 3.8) is 0 Å². The van der Waals surface area contributed by atoms with E-state index in [9.17, 15) is 13.2 Å². The van der Waals surface area contributed by atoms with Crippen molar-refractivity contribution in [2.75, 3.05) is 38.6 Å². The number of hydrogen-bond acceptors (Lipinski definition) is 5. The number of anilines is 1. The van der Waals surface area contributed by atoms with Crippen molar-refractivity contribution >= 4 is 21.6 Å². The van der Waals surface area contributed by atoms with Crippen molar-refractivity contribution < 1.29 is 17.9 Å². The Morgan fingerprint density at radius 3 is 2.52 bits per heavy atom. The van der Waals surface area contributed by atoms with Crippen LogP contribution in [-0.4, -0.2) is 51.5 Å². The van der Waals surface area contributed by atoms with Gasteiger partial charge in [-0.05, 0) is 42.3 Å². The minimum absolute atomic E-state index is 0.121. The Morgan fingerprint density at radius 2 is 1.81 bits per heavy atom. The van der Waals surface area contributed by atoms with Crippen molar-refractivity contribution in [2.24, 2.45) is 0 Å². The molecule has 0 spiro atoms. The third kappa shape index (κ3) is 4.85. The first-order chi connectivity index (χ1) is 13.0. The van der Waals surface area contributed by atoms with Gasteiger partial charge in [-0.2, -0.15) is 4.31 Å². The molecule has 1 saturated heterocycles. The number of rotatable bonds is 6. The second-order valence-corrected chi connectivity index (χ2v) is 8.23. The molecule has 8 heteroatoms. The van der Waals surface area contributed by atoms with Crippen LogP contribution in [-0.2, 0) is 21.2 Å². The molecule has 0 unspecified atom stereocenters. The Kier molecular flexibility index (Phi) is 6.10. The van der Waals surface area contributed by atoms with Crippen molar-refractivity contribution in [2.45, 2.75) is 11.3 Å². The summed E-state index contributed by atoms with van der Waals surface area (Å²) < 4.78 is 32.0. The number of ether oxygens (including phenoxy) is 1. The Morgan fingerprint density at radius 1 is 1.11 bits per heavy atom. The molecule has 3 N–H and O–H groups in total. The standard InChI is InChI=1S/C19H23N3O4S/c20-17-6-4-15(5-7-17)8-9-21-19(23)16-2-1-3-18(14-16)27(24,25)22-10-12-26-13-11-22/h1-7,14H,8-13,20H2,(H,21,23). The van der Waals surface area contributed by atoms with Crippen LogP contribution in [0.15, 0.2) is 53.4 Å². The zero-order chi connectivity index (χ0) is 19.3. The van der Waals surface area contributed by atoms with Gasteiger partial charge < -0.3 is 15.8 Å². The number of nitrogens with one attached hydrogen (secondary N) is 1. The number of nitrogens with zero attached hydrogens (tertiary/aromatic N) is 1. The molecule has 0 aromatic heterocycles. The van der Waals surface area contributed by atoms with Crippen LogP contribution in [0.1, 0.15) is 15.9 Å². The second kappa shape index (κ2) is 8.51. The molecule has 1 amide bonds. The zero-order valence-electron chi connectivity index (χ0n) is 14.9. The van der Waals surface area contributed by atoms with Crippen LogP contribution >= 0.6 is 0 Å². The number of hydrogen-bond donors (Lipinski definition) is 2. The van der Waals surface area contributed by atoms with Crippen LogP contribution in [0.5, 0.6) is 0 Å². The first-order valence-electron chi connectivity index (χ1n) is 8.77. The predicted molar refractivity (Wildman–Crippen MR) is 103 cm³/mol. The Balaban J connectivity index is 1.63. The molecule has 3 rings (SSSR count). The highest BCUT2D eigenvalue weighted by molar-refractivity contribution is 7.89. The smallest absolute Gasteiger partial charge is 0.251 e. The highest BCUT2D eigenvalue weighted by atomic mass is 32.2. The van der Waals surface area contributed by atoms with Crippen LogP contribution < -0.4 is 11.1 Å². The molecule has 0 atom stereocenters. The number of sulfonamides is 1. The first-order valence-corrected chi connectivity index (χ1v) is 10.2. The minimum atomic E-state index is -3.62. The maximum atomic E-state index is 12.7. The monoisotopic (exact) mass is 389 g/mol. The molecule has 1 fully saturated rings. The average molecular weight is 389 g/mol. The van der Waals surface area contributed by atoms with Gasteiger partial charge in [0, 0.05) is 30.9 Å². The third-order valence-electron chi connectivity index (χ3n) is 4.38. The van der Waals surface area contributed by atoms with E-state index < -0.39 is 10.0 Å². The van der Waals surface area contributed by atoms with E-state index in [0.29, 0.717) is 50.5 Å². The van der Waals surface area contributed by atoms with E-state index in [0.717, 1.165) is 5.56 Å². The van der Waals surface area contributed by atoms with Crippen LogP contribution in [0.3, 0.4) is 0 Å². The van der Waals surface area contributed by atoms with Gasteiger partial charge in [0.05, 0.1) is 18.1 Å². The number of carbonyl (C=O) groups excluding carboxylic acids is 1. The number of morpholine rings is 1. The molecule has 0 radical (unpaired) electrons. The fourth-order valence-electron chi connectivity index (χ4n) is 2.84. The lowest BCUT2D eigenvalue weighted by Crippen LogP contribution is -2.40. The van der Waals surface area contributed by atoms with E-state index in [4.69, 9.17) is 10.5 Å². The minimum Gasteiger partial charge on any atom is -0.399 e. The topological polar surface area (TPSA) is 102 Å². The Labute approximate surface area is 159 Å². The molecule has 144 valence electrons. The average Bonchev–Trinajstić information content (AvgIpc) is 2.70. The van der Waals surface area contributed by atoms with Crippen LogP contribution in [0, 0.1) is 0 Å². The van der Waals surface area contributed by atoms with Gasteiger partial charge >= 0.3 is 0 Å². The van der Waals surface area contributed by atoms with Crippen LogP contribution in [0.4, 0.5) is 5.69 Å². The second-order valence-electron chi connectivity index (χ2n) is 6.29. The number of benzene rings is 2. The van der Waals surface area contributed by atoms with Gasteiger partial charge in [-0.1, -0.05) is 18.2 Å². The lowest BCUT2D eigenvalue weighted by atomic mass is 10.1.